The van der Waals surface area contributed by atoms with E-state index in [0.717, 1.165) is 12.0 Å². The largest absolute Gasteiger partial charge is 0.493 e. The summed E-state index contributed by atoms with van der Waals surface area (Å²) in [5.41, 5.74) is 2.14. The van der Waals surface area contributed by atoms with Gasteiger partial charge in [0.2, 0.25) is 17.7 Å². The van der Waals surface area contributed by atoms with E-state index in [-0.39, 0.29) is 54.5 Å². The van der Waals surface area contributed by atoms with Crippen LogP contribution in [0.5, 0.6) is 11.5 Å². The SMILES string of the molecule is CNC(=O)C(CCCc1ccccc1)NC(=O)C1CN(C(=O)Cc2cnccn2)CC2CN(C(=O)c3ccc(OC(C)C)c(OC)c3)CC21. The Hall–Kier alpha value is -5.00. The maximum Gasteiger partial charge on any atom is 0.254 e. The van der Waals surface area contributed by atoms with Crippen molar-refractivity contribution in [3.63, 3.8) is 0 Å². The summed E-state index contributed by atoms with van der Waals surface area (Å²) in [5.74, 6) is -0.889. The molecular weight excluding hydrogens is 624 g/mol. The Balaban J connectivity index is 1.34. The van der Waals surface area contributed by atoms with E-state index < -0.39 is 12.0 Å². The molecule has 0 bridgehead atoms. The number of hydrogen-bond acceptors (Lipinski definition) is 8. The first-order valence-electron chi connectivity index (χ1n) is 16.9. The van der Waals surface area contributed by atoms with Gasteiger partial charge in [0.25, 0.3) is 5.91 Å². The third-order valence-electron chi connectivity index (χ3n) is 9.26. The number of ether oxygens (including phenoxy) is 2. The molecule has 5 rings (SSSR count). The van der Waals surface area contributed by atoms with Crippen LogP contribution < -0.4 is 20.1 Å². The van der Waals surface area contributed by atoms with Crippen LogP contribution in [0.3, 0.4) is 0 Å². The molecule has 260 valence electrons. The number of benzene rings is 2. The molecule has 0 radical (unpaired) electrons. The maximum atomic E-state index is 14.1. The fourth-order valence-corrected chi connectivity index (χ4v) is 6.82. The van der Waals surface area contributed by atoms with Crippen molar-refractivity contribution in [1.29, 1.82) is 0 Å². The summed E-state index contributed by atoms with van der Waals surface area (Å²) in [6, 6.07) is 14.4. The lowest BCUT2D eigenvalue weighted by Gasteiger charge is -2.40. The van der Waals surface area contributed by atoms with Crippen molar-refractivity contribution < 1.29 is 28.7 Å². The van der Waals surface area contributed by atoms with Crippen LogP contribution in [0.2, 0.25) is 0 Å². The molecule has 0 spiro atoms. The molecule has 12 nitrogen and oxygen atoms in total. The molecule has 0 aliphatic carbocycles. The minimum absolute atomic E-state index is 0.0488. The van der Waals surface area contributed by atoms with Crippen LogP contribution >= 0.6 is 0 Å². The highest BCUT2D eigenvalue weighted by Crippen LogP contribution is 2.37. The number of likely N-dealkylation sites (tertiary alicyclic amines) is 2. The van der Waals surface area contributed by atoms with Gasteiger partial charge in [-0.1, -0.05) is 30.3 Å². The molecule has 0 saturated carbocycles. The Morgan fingerprint density at radius 2 is 1.73 bits per heavy atom. The number of aromatic nitrogens is 2. The van der Waals surface area contributed by atoms with Gasteiger partial charge in [0.05, 0.1) is 31.2 Å². The molecule has 2 fully saturated rings. The van der Waals surface area contributed by atoms with Gasteiger partial charge in [-0.15, -0.1) is 0 Å². The van der Waals surface area contributed by atoms with Gasteiger partial charge in [0.15, 0.2) is 11.5 Å². The number of rotatable bonds is 13. The van der Waals surface area contributed by atoms with E-state index in [0.29, 0.717) is 55.2 Å². The van der Waals surface area contributed by atoms with E-state index in [1.807, 2.05) is 44.2 Å². The van der Waals surface area contributed by atoms with Gasteiger partial charge in [-0.2, -0.15) is 0 Å². The predicted octanol–water partition coefficient (Wildman–Crippen LogP) is 2.92. The molecule has 2 N–H and O–H groups in total. The molecule has 2 saturated heterocycles. The van der Waals surface area contributed by atoms with Gasteiger partial charge >= 0.3 is 0 Å². The summed E-state index contributed by atoms with van der Waals surface area (Å²) in [6.45, 7) is 5.13. The van der Waals surface area contributed by atoms with Crippen LogP contribution in [0.1, 0.15) is 48.3 Å². The summed E-state index contributed by atoms with van der Waals surface area (Å²) in [5, 5.41) is 5.70. The van der Waals surface area contributed by atoms with E-state index in [9.17, 15) is 19.2 Å². The average molecular weight is 671 g/mol. The van der Waals surface area contributed by atoms with E-state index >= 15 is 0 Å². The zero-order valence-corrected chi connectivity index (χ0v) is 28.6. The lowest BCUT2D eigenvalue weighted by Crippen LogP contribution is -2.56. The number of carbonyl (C=O) groups excluding carboxylic acids is 4. The highest BCUT2D eigenvalue weighted by Gasteiger charge is 2.48. The smallest absolute Gasteiger partial charge is 0.254 e. The van der Waals surface area contributed by atoms with Gasteiger partial charge in [-0.3, -0.25) is 29.1 Å². The first kappa shape index (κ1) is 35.3. The normalized spacial score (nSPS) is 19.2. The van der Waals surface area contributed by atoms with Crippen LogP contribution in [0.25, 0.3) is 0 Å². The number of hydrogen-bond donors (Lipinski definition) is 2. The monoisotopic (exact) mass is 670 g/mol. The van der Waals surface area contributed by atoms with Gasteiger partial charge < -0.3 is 29.9 Å². The second-order valence-electron chi connectivity index (χ2n) is 13.0. The van der Waals surface area contributed by atoms with Gasteiger partial charge in [-0.25, -0.2) is 0 Å². The van der Waals surface area contributed by atoms with E-state index in [1.165, 1.54) is 7.11 Å². The van der Waals surface area contributed by atoms with Crippen molar-refractivity contribution >= 4 is 23.6 Å². The zero-order valence-electron chi connectivity index (χ0n) is 28.6. The summed E-state index contributed by atoms with van der Waals surface area (Å²) in [4.78, 5) is 66.2. The number of nitrogens with zero attached hydrogens (tertiary/aromatic N) is 4. The lowest BCUT2D eigenvalue weighted by molar-refractivity contribution is -0.140. The maximum absolute atomic E-state index is 14.1. The first-order valence-corrected chi connectivity index (χ1v) is 16.9. The van der Waals surface area contributed by atoms with E-state index in [1.54, 1.807) is 53.6 Å². The summed E-state index contributed by atoms with van der Waals surface area (Å²) in [6.07, 6.45) is 6.56. The number of fused-ring (bicyclic) bond motifs is 1. The third kappa shape index (κ3) is 8.92. The fourth-order valence-electron chi connectivity index (χ4n) is 6.82. The molecule has 4 unspecified atom stereocenters. The van der Waals surface area contributed by atoms with Crippen LogP contribution in [-0.2, 0) is 27.2 Å². The molecule has 12 heteroatoms. The lowest BCUT2D eigenvalue weighted by atomic mass is 9.79. The van der Waals surface area contributed by atoms with Crippen molar-refractivity contribution in [1.82, 2.24) is 30.4 Å². The first-order chi connectivity index (χ1) is 23.7. The number of nitrogens with one attached hydrogen (secondary N) is 2. The Morgan fingerprint density at radius 1 is 0.959 bits per heavy atom. The Labute approximate surface area is 287 Å². The zero-order chi connectivity index (χ0) is 34.9. The van der Waals surface area contributed by atoms with Crippen LogP contribution in [0.15, 0.2) is 67.1 Å². The summed E-state index contributed by atoms with van der Waals surface area (Å²) in [7, 11) is 3.09. The minimum Gasteiger partial charge on any atom is -0.493 e. The predicted molar refractivity (Wildman–Crippen MR) is 183 cm³/mol. The summed E-state index contributed by atoms with van der Waals surface area (Å²) < 4.78 is 11.3. The molecule has 1 aromatic heterocycles. The Kier molecular flexibility index (Phi) is 11.8. The fraction of sp³-hybridized carbons (Fsp3) is 0.459. The molecule has 4 amide bonds. The highest BCUT2D eigenvalue weighted by molar-refractivity contribution is 5.95. The van der Waals surface area contributed by atoms with Crippen molar-refractivity contribution in [2.75, 3.05) is 40.3 Å². The van der Waals surface area contributed by atoms with E-state index in [2.05, 4.69) is 20.6 Å². The Morgan fingerprint density at radius 3 is 2.43 bits per heavy atom. The number of piperidine rings is 1. The van der Waals surface area contributed by atoms with Crippen LogP contribution in [-0.4, -0.2) is 95.9 Å². The molecule has 2 aliphatic rings. The van der Waals surface area contributed by atoms with Gasteiger partial charge in [0.1, 0.15) is 6.04 Å². The molecular formula is C37H46N6O6. The topological polar surface area (TPSA) is 143 Å². The third-order valence-corrected chi connectivity index (χ3v) is 9.26. The minimum atomic E-state index is -0.733. The van der Waals surface area contributed by atoms with Crippen molar-refractivity contribution in [2.45, 2.75) is 51.7 Å². The number of aryl methyl sites for hydroxylation is 1. The van der Waals surface area contributed by atoms with Crippen LogP contribution in [0.4, 0.5) is 0 Å². The number of amides is 4. The highest BCUT2D eigenvalue weighted by atomic mass is 16.5. The standard InChI is InChI=1S/C37H46N6O6/c1-24(2)49-32-14-13-26(17-33(32)48-4)37(47)43-21-27-20-42(34(44)18-28-19-39-15-16-40-28)23-30(29(27)22-43)35(45)41-31(36(46)38-3)12-8-11-25-9-6-5-7-10-25/h5-7,9-10,13-17,19,24,27,29-31H,8,11-12,18,20-23H2,1-4H3,(H,38,46)(H,41,45). The molecule has 2 aliphatic heterocycles. The van der Waals surface area contributed by atoms with Crippen molar-refractivity contribution in [3.05, 3.63) is 83.9 Å². The molecule has 2 aromatic carbocycles. The Bertz CT molecular complexity index is 1600. The number of likely N-dealkylation sites (N-methyl/N-ethyl adjacent to an activating group) is 1. The van der Waals surface area contributed by atoms with Crippen molar-refractivity contribution in [2.24, 2.45) is 17.8 Å². The second kappa shape index (κ2) is 16.4. The molecule has 49 heavy (non-hydrogen) atoms. The molecule has 3 heterocycles. The quantitative estimate of drug-likeness (QED) is 0.283. The number of carbonyl (C=O) groups is 4. The number of methoxy groups -OCH3 is 1. The average Bonchev–Trinajstić information content (AvgIpc) is 3.55. The van der Waals surface area contributed by atoms with Gasteiger partial charge in [-0.05, 0) is 68.7 Å². The van der Waals surface area contributed by atoms with Crippen molar-refractivity contribution in [3.8, 4) is 11.5 Å². The molecule has 4 atom stereocenters. The molecule has 3 aromatic rings. The second-order valence-corrected chi connectivity index (χ2v) is 13.0. The van der Waals surface area contributed by atoms with E-state index in [4.69, 9.17) is 9.47 Å². The van der Waals surface area contributed by atoms with Gasteiger partial charge in [0, 0.05) is 57.4 Å². The van der Waals surface area contributed by atoms with Crippen LogP contribution in [0, 0.1) is 17.8 Å². The summed E-state index contributed by atoms with van der Waals surface area (Å²) >= 11 is 0.